The SMILES string of the molecule is CCCOc1ccc(C2=C(Nc3ccc(OCC)cc3)C(=O)N(c3ccccc3C)C2=O)cc1. The zero-order valence-electron chi connectivity index (χ0n) is 19.6. The summed E-state index contributed by atoms with van der Waals surface area (Å²) in [5.74, 6) is 0.699. The molecule has 0 spiro atoms. The van der Waals surface area contributed by atoms with Crippen LogP contribution in [0.5, 0.6) is 11.5 Å². The van der Waals surface area contributed by atoms with E-state index in [-0.39, 0.29) is 11.6 Å². The van der Waals surface area contributed by atoms with E-state index in [9.17, 15) is 9.59 Å². The maximum Gasteiger partial charge on any atom is 0.282 e. The average molecular weight is 457 g/mol. The van der Waals surface area contributed by atoms with Crippen LogP contribution < -0.4 is 19.7 Å². The fraction of sp³-hybridized carbons (Fsp3) is 0.214. The van der Waals surface area contributed by atoms with Crippen molar-refractivity contribution < 1.29 is 19.1 Å². The lowest BCUT2D eigenvalue weighted by atomic mass is 10.0. The van der Waals surface area contributed by atoms with Crippen molar-refractivity contribution in [2.45, 2.75) is 27.2 Å². The van der Waals surface area contributed by atoms with E-state index in [2.05, 4.69) is 5.32 Å². The molecule has 0 aromatic heterocycles. The van der Waals surface area contributed by atoms with E-state index in [0.29, 0.717) is 35.7 Å². The van der Waals surface area contributed by atoms with Gasteiger partial charge < -0.3 is 14.8 Å². The van der Waals surface area contributed by atoms with Crippen molar-refractivity contribution in [3.8, 4) is 11.5 Å². The van der Waals surface area contributed by atoms with E-state index in [4.69, 9.17) is 9.47 Å². The van der Waals surface area contributed by atoms with Gasteiger partial charge in [0.2, 0.25) is 0 Å². The summed E-state index contributed by atoms with van der Waals surface area (Å²) >= 11 is 0. The number of amides is 2. The molecule has 0 unspecified atom stereocenters. The zero-order chi connectivity index (χ0) is 24.1. The van der Waals surface area contributed by atoms with E-state index >= 15 is 0 Å². The third-order valence-electron chi connectivity index (χ3n) is 5.49. The van der Waals surface area contributed by atoms with E-state index in [0.717, 1.165) is 23.5 Å². The van der Waals surface area contributed by atoms with Gasteiger partial charge in [0, 0.05) is 5.69 Å². The average Bonchev–Trinajstić information content (AvgIpc) is 3.09. The number of hydrogen-bond donors (Lipinski definition) is 1. The number of nitrogens with zero attached hydrogens (tertiary/aromatic N) is 1. The number of aryl methyl sites for hydroxylation is 1. The lowest BCUT2D eigenvalue weighted by molar-refractivity contribution is -0.120. The van der Waals surface area contributed by atoms with E-state index < -0.39 is 5.91 Å². The van der Waals surface area contributed by atoms with Crippen LogP contribution in [0.1, 0.15) is 31.4 Å². The lowest BCUT2D eigenvalue weighted by Crippen LogP contribution is -2.33. The largest absolute Gasteiger partial charge is 0.494 e. The minimum Gasteiger partial charge on any atom is -0.494 e. The van der Waals surface area contributed by atoms with Gasteiger partial charge in [-0.3, -0.25) is 9.59 Å². The molecule has 1 aliphatic rings. The molecule has 3 aromatic rings. The highest BCUT2D eigenvalue weighted by atomic mass is 16.5. The number of hydrogen-bond acceptors (Lipinski definition) is 5. The first-order valence-electron chi connectivity index (χ1n) is 11.4. The third kappa shape index (κ3) is 4.66. The summed E-state index contributed by atoms with van der Waals surface area (Å²) in [6.45, 7) is 7.03. The molecular formula is C28H28N2O4. The van der Waals surface area contributed by atoms with Crippen LogP contribution in [-0.2, 0) is 9.59 Å². The highest BCUT2D eigenvalue weighted by molar-refractivity contribution is 6.46. The van der Waals surface area contributed by atoms with Crippen molar-refractivity contribution >= 4 is 28.8 Å². The first kappa shape index (κ1) is 23.1. The van der Waals surface area contributed by atoms with E-state index in [1.54, 1.807) is 6.07 Å². The number of benzene rings is 3. The van der Waals surface area contributed by atoms with Crippen molar-refractivity contribution in [3.63, 3.8) is 0 Å². The molecular weight excluding hydrogens is 428 g/mol. The van der Waals surface area contributed by atoms with Crippen LogP contribution in [-0.4, -0.2) is 25.0 Å². The Morgan fingerprint density at radius 2 is 1.44 bits per heavy atom. The molecule has 0 atom stereocenters. The van der Waals surface area contributed by atoms with Gasteiger partial charge in [-0.2, -0.15) is 0 Å². The Hall–Kier alpha value is -4.06. The van der Waals surface area contributed by atoms with Gasteiger partial charge in [-0.15, -0.1) is 0 Å². The Balaban J connectivity index is 1.74. The number of ether oxygens (including phenoxy) is 2. The van der Waals surface area contributed by atoms with Gasteiger partial charge in [-0.1, -0.05) is 37.3 Å². The predicted molar refractivity (Wildman–Crippen MR) is 134 cm³/mol. The summed E-state index contributed by atoms with van der Waals surface area (Å²) in [5, 5.41) is 3.19. The highest BCUT2D eigenvalue weighted by Gasteiger charge is 2.40. The molecule has 3 aromatic carbocycles. The molecule has 1 aliphatic heterocycles. The van der Waals surface area contributed by atoms with Crippen LogP contribution in [0.3, 0.4) is 0 Å². The second-order valence-electron chi connectivity index (χ2n) is 7.94. The molecule has 0 bridgehead atoms. The number of nitrogens with one attached hydrogen (secondary N) is 1. The topological polar surface area (TPSA) is 67.9 Å². The standard InChI is InChI=1S/C28H28N2O4/c1-4-18-34-23-14-10-20(11-15-23)25-26(29-21-12-16-22(17-13-21)33-5-2)28(32)30(27(25)31)24-9-7-6-8-19(24)3/h6-17,29H,4-5,18H2,1-3H3. The Bertz CT molecular complexity index is 1210. The molecule has 0 radical (unpaired) electrons. The number of carbonyl (C=O) groups excluding carboxylic acids is 2. The monoisotopic (exact) mass is 456 g/mol. The summed E-state index contributed by atoms with van der Waals surface area (Å²) in [7, 11) is 0. The van der Waals surface area contributed by atoms with Gasteiger partial charge in [0.15, 0.2) is 0 Å². The first-order chi connectivity index (χ1) is 16.5. The Morgan fingerprint density at radius 1 is 0.794 bits per heavy atom. The molecule has 1 heterocycles. The number of para-hydroxylation sites is 1. The minimum atomic E-state index is -0.394. The van der Waals surface area contributed by atoms with E-state index in [1.165, 1.54) is 4.90 Å². The molecule has 174 valence electrons. The van der Waals surface area contributed by atoms with Crippen LogP contribution in [0, 0.1) is 6.92 Å². The summed E-state index contributed by atoms with van der Waals surface area (Å²) in [5.41, 5.74) is 3.30. The molecule has 2 amide bonds. The summed E-state index contributed by atoms with van der Waals surface area (Å²) < 4.78 is 11.2. The number of carbonyl (C=O) groups is 2. The zero-order valence-corrected chi connectivity index (χ0v) is 19.6. The summed E-state index contributed by atoms with van der Waals surface area (Å²) in [6, 6.07) is 21.9. The fourth-order valence-electron chi connectivity index (χ4n) is 3.83. The van der Waals surface area contributed by atoms with Gasteiger partial charge in [0.1, 0.15) is 17.2 Å². The van der Waals surface area contributed by atoms with Gasteiger partial charge >= 0.3 is 0 Å². The van der Waals surface area contributed by atoms with Crippen LogP contribution >= 0.6 is 0 Å². The summed E-state index contributed by atoms with van der Waals surface area (Å²) in [6.07, 6.45) is 0.904. The normalized spacial score (nSPS) is 13.4. The Kier molecular flexibility index (Phi) is 6.97. The molecule has 0 aliphatic carbocycles. The van der Waals surface area contributed by atoms with Crippen LogP contribution in [0.25, 0.3) is 5.57 Å². The smallest absolute Gasteiger partial charge is 0.282 e. The molecule has 0 fully saturated rings. The molecule has 34 heavy (non-hydrogen) atoms. The molecule has 4 rings (SSSR count). The molecule has 1 N–H and O–H groups in total. The van der Waals surface area contributed by atoms with Crippen molar-refractivity contribution in [2.24, 2.45) is 0 Å². The Labute approximate surface area is 199 Å². The second kappa shape index (κ2) is 10.3. The lowest BCUT2D eigenvalue weighted by Gasteiger charge is -2.17. The van der Waals surface area contributed by atoms with Crippen molar-refractivity contribution in [3.05, 3.63) is 89.6 Å². The molecule has 6 heteroatoms. The summed E-state index contributed by atoms with van der Waals surface area (Å²) in [4.78, 5) is 28.4. The number of imide groups is 1. The van der Waals surface area contributed by atoms with Gasteiger partial charge in [0.05, 0.1) is 24.5 Å². The number of rotatable bonds is 9. The van der Waals surface area contributed by atoms with Gasteiger partial charge in [0.25, 0.3) is 11.8 Å². The van der Waals surface area contributed by atoms with Crippen LogP contribution in [0.2, 0.25) is 0 Å². The maximum atomic E-state index is 13.6. The number of anilines is 2. The van der Waals surface area contributed by atoms with Crippen LogP contribution in [0.4, 0.5) is 11.4 Å². The van der Waals surface area contributed by atoms with Crippen molar-refractivity contribution in [1.82, 2.24) is 0 Å². The van der Waals surface area contributed by atoms with Crippen molar-refractivity contribution in [1.29, 1.82) is 0 Å². The first-order valence-corrected chi connectivity index (χ1v) is 11.4. The predicted octanol–water partition coefficient (Wildman–Crippen LogP) is 5.58. The van der Waals surface area contributed by atoms with E-state index in [1.807, 2.05) is 87.5 Å². The second-order valence-corrected chi connectivity index (χ2v) is 7.94. The van der Waals surface area contributed by atoms with Crippen LogP contribution in [0.15, 0.2) is 78.5 Å². The highest BCUT2D eigenvalue weighted by Crippen LogP contribution is 2.35. The quantitative estimate of drug-likeness (QED) is 0.426. The van der Waals surface area contributed by atoms with Gasteiger partial charge in [-0.25, -0.2) is 4.90 Å². The molecule has 0 saturated carbocycles. The maximum absolute atomic E-state index is 13.6. The minimum absolute atomic E-state index is 0.236. The van der Waals surface area contributed by atoms with Crippen molar-refractivity contribution in [2.75, 3.05) is 23.4 Å². The molecule has 0 saturated heterocycles. The molecule has 6 nitrogen and oxygen atoms in total. The fourth-order valence-corrected chi connectivity index (χ4v) is 3.83. The Morgan fingerprint density at radius 3 is 2.09 bits per heavy atom. The third-order valence-corrected chi connectivity index (χ3v) is 5.49. The van der Waals surface area contributed by atoms with Gasteiger partial charge in [-0.05, 0) is 73.9 Å².